The maximum Gasteiger partial charge on any atom is 0.265 e. The van der Waals surface area contributed by atoms with E-state index in [0.29, 0.717) is 11.3 Å². The van der Waals surface area contributed by atoms with Crippen molar-refractivity contribution in [2.24, 2.45) is 0 Å². The molecule has 1 fully saturated rings. The molecule has 0 atom stereocenters. The molecule has 0 aliphatic carbocycles. The summed E-state index contributed by atoms with van der Waals surface area (Å²) in [5.74, 6) is -0.897. The van der Waals surface area contributed by atoms with E-state index in [4.69, 9.17) is 17.0 Å². The zero-order valence-corrected chi connectivity index (χ0v) is 15.7. The number of carbonyl (C=O) groups excluding carboxylic acids is 2. The van der Waals surface area contributed by atoms with Crippen molar-refractivity contribution in [3.8, 4) is 5.75 Å². The van der Waals surface area contributed by atoms with Gasteiger partial charge in [0.05, 0.1) is 0 Å². The molecule has 1 saturated heterocycles. The van der Waals surface area contributed by atoms with Gasteiger partial charge in [-0.25, -0.2) is 4.39 Å². The Balaban J connectivity index is 1.86. The molecular weight excluding hydrogens is 379 g/mol. The summed E-state index contributed by atoms with van der Waals surface area (Å²) in [5.41, 5.74) is 1.31. The summed E-state index contributed by atoms with van der Waals surface area (Å²) >= 11 is 5.04. The van der Waals surface area contributed by atoms with Gasteiger partial charge in [0.15, 0.2) is 5.11 Å². The minimum absolute atomic E-state index is 0.0479. The van der Waals surface area contributed by atoms with Gasteiger partial charge in [0.25, 0.3) is 11.8 Å². The fourth-order valence-corrected chi connectivity index (χ4v) is 2.87. The standard InChI is InChI=1S/C21H17FN2O3S/c1-2-11-24-20(26)17(19(25)23-21(24)28)12-15-5-3-4-6-18(15)27-13-14-7-9-16(22)10-8-14/h2-10,12H,1,11,13H2,(H,23,25,28). The largest absolute Gasteiger partial charge is 0.488 e. The van der Waals surface area contributed by atoms with Crippen molar-refractivity contribution in [2.75, 3.05) is 6.54 Å². The quantitative estimate of drug-likeness (QED) is 0.353. The van der Waals surface area contributed by atoms with Gasteiger partial charge in [0.2, 0.25) is 0 Å². The number of nitrogens with one attached hydrogen (secondary N) is 1. The SMILES string of the molecule is C=CCN1C(=O)C(=Cc2ccccc2OCc2ccc(F)cc2)C(=O)NC1=S. The second kappa shape index (κ2) is 8.58. The first-order chi connectivity index (χ1) is 13.5. The monoisotopic (exact) mass is 396 g/mol. The number of amides is 2. The normalized spacial score (nSPS) is 15.5. The predicted molar refractivity (Wildman–Crippen MR) is 108 cm³/mol. The fourth-order valence-electron chi connectivity index (χ4n) is 2.62. The molecule has 2 aromatic carbocycles. The average molecular weight is 396 g/mol. The highest BCUT2D eigenvalue weighted by Gasteiger charge is 2.32. The zero-order chi connectivity index (χ0) is 20.1. The Labute approximate surface area is 167 Å². The molecule has 1 heterocycles. The lowest BCUT2D eigenvalue weighted by molar-refractivity contribution is -0.128. The van der Waals surface area contributed by atoms with E-state index in [2.05, 4.69) is 11.9 Å². The van der Waals surface area contributed by atoms with Crippen LogP contribution in [0.1, 0.15) is 11.1 Å². The van der Waals surface area contributed by atoms with Crippen LogP contribution in [0, 0.1) is 5.82 Å². The highest BCUT2D eigenvalue weighted by Crippen LogP contribution is 2.24. The Morgan fingerprint density at radius 2 is 1.86 bits per heavy atom. The first kappa shape index (κ1) is 19.4. The van der Waals surface area contributed by atoms with Crippen molar-refractivity contribution < 1.29 is 18.7 Å². The smallest absolute Gasteiger partial charge is 0.265 e. The number of rotatable bonds is 6. The van der Waals surface area contributed by atoms with Gasteiger partial charge in [-0.05, 0) is 42.1 Å². The summed E-state index contributed by atoms with van der Waals surface area (Å²) in [6.45, 7) is 4.00. The van der Waals surface area contributed by atoms with Gasteiger partial charge in [-0.2, -0.15) is 0 Å². The molecule has 5 nitrogen and oxygen atoms in total. The van der Waals surface area contributed by atoms with Gasteiger partial charge in [0, 0.05) is 12.1 Å². The Kier molecular flexibility index (Phi) is 5.96. The first-order valence-corrected chi connectivity index (χ1v) is 8.86. The Morgan fingerprint density at radius 1 is 1.14 bits per heavy atom. The van der Waals surface area contributed by atoms with E-state index in [1.54, 1.807) is 36.4 Å². The van der Waals surface area contributed by atoms with Crippen molar-refractivity contribution in [3.05, 3.63) is 83.7 Å². The van der Waals surface area contributed by atoms with Gasteiger partial charge in [-0.1, -0.05) is 36.4 Å². The molecule has 1 aliphatic heterocycles. The molecule has 0 radical (unpaired) electrons. The highest BCUT2D eigenvalue weighted by atomic mass is 32.1. The Morgan fingerprint density at radius 3 is 2.57 bits per heavy atom. The number of hydrogen-bond donors (Lipinski definition) is 1. The molecule has 0 bridgehead atoms. The second-order valence-corrected chi connectivity index (χ2v) is 6.36. The minimum atomic E-state index is -0.566. The van der Waals surface area contributed by atoms with Crippen LogP contribution < -0.4 is 10.1 Å². The van der Waals surface area contributed by atoms with E-state index in [0.717, 1.165) is 5.56 Å². The van der Waals surface area contributed by atoms with Crippen LogP contribution in [-0.2, 0) is 16.2 Å². The summed E-state index contributed by atoms with van der Waals surface area (Å²) in [6, 6.07) is 13.0. The summed E-state index contributed by atoms with van der Waals surface area (Å²) in [6.07, 6.45) is 2.99. The molecule has 2 amide bonds. The molecule has 28 heavy (non-hydrogen) atoms. The summed E-state index contributed by atoms with van der Waals surface area (Å²) in [4.78, 5) is 26.2. The van der Waals surface area contributed by atoms with Crippen molar-refractivity contribution in [1.29, 1.82) is 0 Å². The van der Waals surface area contributed by atoms with Crippen LogP contribution in [-0.4, -0.2) is 28.4 Å². The zero-order valence-electron chi connectivity index (χ0n) is 14.9. The van der Waals surface area contributed by atoms with E-state index in [9.17, 15) is 14.0 Å². The maximum atomic E-state index is 13.0. The van der Waals surface area contributed by atoms with E-state index in [1.165, 1.54) is 29.2 Å². The predicted octanol–water partition coefficient (Wildman–Crippen LogP) is 3.22. The van der Waals surface area contributed by atoms with Gasteiger partial charge >= 0.3 is 0 Å². The van der Waals surface area contributed by atoms with Crippen LogP contribution >= 0.6 is 12.2 Å². The molecule has 0 spiro atoms. The molecule has 0 saturated carbocycles. The van der Waals surface area contributed by atoms with Gasteiger partial charge in [0.1, 0.15) is 23.7 Å². The van der Waals surface area contributed by atoms with Crippen LogP contribution in [0.2, 0.25) is 0 Å². The maximum absolute atomic E-state index is 13.0. The van der Waals surface area contributed by atoms with Crippen molar-refractivity contribution in [2.45, 2.75) is 6.61 Å². The Hall–Kier alpha value is -3.32. The van der Waals surface area contributed by atoms with Crippen LogP contribution in [0.3, 0.4) is 0 Å². The molecule has 3 rings (SSSR count). The van der Waals surface area contributed by atoms with Crippen molar-refractivity contribution >= 4 is 35.2 Å². The molecule has 1 aliphatic rings. The van der Waals surface area contributed by atoms with Gasteiger partial charge < -0.3 is 4.74 Å². The second-order valence-electron chi connectivity index (χ2n) is 5.97. The molecular formula is C21H17FN2O3S. The number of thiocarbonyl (C=S) groups is 1. The third-order valence-electron chi connectivity index (χ3n) is 4.02. The van der Waals surface area contributed by atoms with Crippen molar-refractivity contribution in [1.82, 2.24) is 10.2 Å². The number of carbonyl (C=O) groups is 2. The number of ether oxygens (including phenoxy) is 1. The number of para-hydroxylation sites is 1. The van der Waals surface area contributed by atoms with E-state index in [-0.39, 0.29) is 29.7 Å². The van der Waals surface area contributed by atoms with Crippen LogP contribution in [0.25, 0.3) is 6.08 Å². The highest BCUT2D eigenvalue weighted by molar-refractivity contribution is 7.80. The lowest BCUT2D eigenvalue weighted by Gasteiger charge is -2.27. The van der Waals surface area contributed by atoms with Crippen LogP contribution in [0.15, 0.2) is 66.8 Å². The minimum Gasteiger partial charge on any atom is -0.488 e. The molecule has 0 unspecified atom stereocenters. The molecule has 2 aromatic rings. The average Bonchev–Trinajstić information content (AvgIpc) is 2.69. The first-order valence-electron chi connectivity index (χ1n) is 8.45. The summed E-state index contributed by atoms with van der Waals surface area (Å²) in [7, 11) is 0. The third kappa shape index (κ3) is 4.32. The lowest BCUT2D eigenvalue weighted by Crippen LogP contribution is -2.53. The van der Waals surface area contributed by atoms with Gasteiger partial charge in [-0.15, -0.1) is 6.58 Å². The topological polar surface area (TPSA) is 58.6 Å². The summed E-state index contributed by atoms with van der Waals surface area (Å²) < 4.78 is 18.8. The molecule has 0 aromatic heterocycles. The molecule has 142 valence electrons. The summed E-state index contributed by atoms with van der Waals surface area (Å²) in [5, 5.41) is 2.55. The van der Waals surface area contributed by atoms with E-state index < -0.39 is 11.8 Å². The van der Waals surface area contributed by atoms with E-state index in [1.807, 2.05) is 0 Å². The van der Waals surface area contributed by atoms with E-state index >= 15 is 0 Å². The van der Waals surface area contributed by atoms with Crippen molar-refractivity contribution in [3.63, 3.8) is 0 Å². The molecule has 1 N–H and O–H groups in total. The number of nitrogens with zero attached hydrogens (tertiary/aromatic N) is 1. The molecule has 7 heteroatoms. The number of hydrogen-bond acceptors (Lipinski definition) is 4. The number of benzene rings is 2. The Bertz CT molecular complexity index is 970. The lowest BCUT2D eigenvalue weighted by atomic mass is 10.1. The number of halogens is 1. The van der Waals surface area contributed by atoms with Crippen LogP contribution in [0.5, 0.6) is 5.75 Å². The third-order valence-corrected chi connectivity index (χ3v) is 4.35. The van der Waals surface area contributed by atoms with Crippen LogP contribution in [0.4, 0.5) is 4.39 Å². The fraction of sp³-hybridized carbons (Fsp3) is 0.0952. The van der Waals surface area contributed by atoms with Gasteiger partial charge in [-0.3, -0.25) is 19.8 Å².